The number of rotatable bonds is 4. The zero-order valence-electron chi connectivity index (χ0n) is 15.1. The summed E-state index contributed by atoms with van der Waals surface area (Å²) in [6, 6.07) is 5.55. The molecule has 0 bridgehead atoms. The summed E-state index contributed by atoms with van der Waals surface area (Å²) < 4.78 is 1.13. The Morgan fingerprint density at radius 1 is 1.26 bits per heavy atom. The van der Waals surface area contributed by atoms with Crippen LogP contribution in [0.1, 0.15) is 41.6 Å². The highest BCUT2D eigenvalue weighted by Gasteiger charge is 2.24. The lowest BCUT2D eigenvalue weighted by Crippen LogP contribution is -2.36. The van der Waals surface area contributed by atoms with Gasteiger partial charge >= 0.3 is 0 Å². The van der Waals surface area contributed by atoms with Gasteiger partial charge in [-0.2, -0.15) is 4.52 Å². The average Bonchev–Trinajstić information content (AvgIpc) is 3.25. The maximum Gasteiger partial charge on any atom is 0.286 e. The average molecular weight is 365 g/mol. The number of H-pyrrole nitrogens is 2. The minimum atomic E-state index is -0.508. The van der Waals surface area contributed by atoms with Crippen LogP contribution in [0.15, 0.2) is 35.5 Å². The molecule has 0 aliphatic carbocycles. The molecule has 1 atom stereocenters. The minimum Gasteiger partial charge on any atom is -0.342 e. The molecule has 0 aliphatic rings. The third-order valence-electron chi connectivity index (χ3n) is 4.46. The van der Waals surface area contributed by atoms with E-state index >= 15 is 0 Å². The van der Waals surface area contributed by atoms with E-state index in [9.17, 15) is 9.59 Å². The van der Waals surface area contributed by atoms with Crippen LogP contribution < -0.4 is 10.9 Å². The van der Waals surface area contributed by atoms with Crippen LogP contribution in [0.25, 0.3) is 16.8 Å². The first-order valence-corrected chi connectivity index (χ1v) is 8.62. The first-order chi connectivity index (χ1) is 12.9. The molecule has 1 amide bonds. The molecule has 0 spiro atoms. The first kappa shape index (κ1) is 17.0. The molecule has 4 rings (SSSR count). The zero-order valence-corrected chi connectivity index (χ0v) is 15.1. The summed E-state index contributed by atoms with van der Waals surface area (Å²) in [5, 5.41) is 5.55. The summed E-state index contributed by atoms with van der Waals surface area (Å²) in [4.78, 5) is 41.0. The number of imidazole rings is 1. The number of aromatic nitrogens is 6. The van der Waals surface area contributed by atoms with Gasteiger partial charge in [-0.25, -0.2) is 15.0 Å². The molecule has 0 fully saturated rings. The largest absolute Gasteiger partial charge is 0.342 e. The number of hydrogen-bond donors (Lipinski definition) is 3. The highest BCUT2D eigenvalue weighted by Crippen LogP contribution is 2.23. The molecular weight excluding hydrogens is 346 g/mol. The molecule has 9 heteroatoms. The number of carbonyl (C=O) groups is 1. The number of carbonyl (C=O) groups excluding carboxylic acids is 1. The van der Waals surface area contributed by atoms with Crippen molar-refractivity contribution in [3.63, 3.8) is 0 Å². The van der Waals surface area contributed by atoms with Gasteiger partial charge in [0.15, 0.2) is 0 Å². The van der Waals surface area contributed by atoms with Gasteiger partial charge in [-0.1, -0.05) is 19.9 Å². The Bertz CT molecular complexity index is 1200. The van der Waals surface area contributed by atoms with Gasteiger partial charge in [-0.15, -0.1) is 0 Å². The number of nitrogens with zero attached hydrogens (tertiary/aromatic N) is 4. The molecule has 9 nitrogen and oxygen atoms in total. The van der Waals surface area contributed by atoms with E-state index in [4.69, 9.17) is 0 Å². The van der Waals surface area contributed by atoms with Gasteiger partial charge in [-0.3, -0.25) is 14.7 Å². The molecule has 3 heterocycles. The van der Waals surface area contributed by atoms with E-state index in [2.05, 4.69) is 30.4 Å². The third kappa shape index (κ3) is 2.97. The predicted octanol–water partition coefficient (Wildman–Crippen LogP) is 1.73. The van der Waals surface area contributed by atoms with Gasteiger partial charge in [0.05, 0.1) is 17.1 Å². The Balaban J connectivity index is 1.68. The summed E-state index contributed by atoms with van der Waals surface area (Å²) in [6.45, 7) is 5.97. The van der Waals surface area contributed by atoms with Crippen molar-refractivity contribution < 1.29 is 4.79 Å². The minimum absolute atomic E-state index is 0.0576. The molecule has 0 saturated carbocycles. The van der Waals surface area contributed by atoms with Crippen molar-refractivity contribution in [3.8, 4) is 0 Å². The number of hydrogen-bond acceptors (Lipinski definition) is 5. The van der Waals surface area contributed by atoms with Crippen molar-refractivity contribution in [1.82, 2.24) is 34.9 Å². The van der Waals surface area contributed by atoms with Gasteiger partial charge in [-0.05, 0) is 30.5 Å². The van der Waals surface area contributed by atoms with Gasteiger partial charge in [0, 0.05) is 6.20 Å². The van der Waals surface area contributed by atoms with Crippen LogP contribution in [0, 0.1) is 12.8 Å². The van der Waals surface area contributed by atoms with Crippen molar-refractivity contribution in [2.45, 2.75) is 26.8 Å². The van der Waals surface area contributed by atoms with Crippen molar-refractivity contribution >= 4 is 22.7 Å². The molecule has 0 unspecified atom stereocenters. The highest BCUT2D eigenvalue weighted by molar-refractivity contribution is 5.94. The number of fused-ring (bicyclic) bond motifs is 2. The molecule has 3 N–H and O–H groups in total. The Hall–Kier alpha value is -3.49. The van der Waals surface area contributed by atoms with E-state index in [-0.39, 0.29) is 23.3 Å². The van der Waals surface area contributed by atoms with Crippen LogP contribution in [-0.4, -0.2) is 35.5 Å². The number of nitrogens with one attached hydrogen (secondary N) is 3. The SMILES string of the molecule is Cc1ccc2nc([C@@H](NC(=O)c3cnc4nc[nH]n4c3=O)C(C)C)[nH]c2c1. The molecule has 0 saturated heterocycles. The van der Waals surface area contributed by atoms with Crippen LogP contribution in [0.4, 0.5) is 0 Å². The quantitative estimate of drug-likeness (QED) is 0.508. The fourth-order valence-electron chi connectivity index (χ4n) is 3.01. The maximum atomic E-state index is 12.7. The highest BCUT2D eigenvalue weighted by atomic mass is 16.2. The number of aromatic amines is 2. The van der Waals surface area contributed by atoms with Gasteiger partial charge in [0.2, 0.25) is 0 Å². The Morgan fingerprint density at radius 3 is 2.85 bits per heavy atom. The van der Waals surface area contributed by atoms with Crippen LogP contribution in [-0.2, 0) is 0 Å². The van der Waals surface area contributed by atoms with Crippen molar-refractivity contribution in [1.29, 1.82) is 0 Å². The lowest BCUT2D eigenvalue weighted by Gasteiger charge is -2.20. The lowest BCUT2D eigenvalue weighted by atomic mass is 10.0. The Labute approximate surface area is 153 Å². The van der Waals surface area contributed by atoms with E-state index < -0.39 is 11.5 Å². The monoisotopic (exact) mass is 365 g/mol. The predicted molar refractivity (Wildman–Crippen MR) is 99.5 cm³/mol. The fraction of sp³-hybridized carbons (Fsp3) is 0.278. The van der Waals surface area contributed by atoms with E-state index in [0.717, 1.165) is 21.1 Å². The van der Waals surface area contributed by atoms with E-state index in [0.29, 0.717) is 5.82 Å². The topological polar surface area (TPSA) is 121 Å². The summed E-state index contributed by atoms with van der Waals surface area (Å²) in [5.74, 6) is 0.410. The smallest absolute Gasteiger partial charge is 0.286 e. The summed E-state index contributed by atoms with van der Waals surface area (Å²) in [6.07, 6.45) is 2.59. The van der Waals surface area contributed by atoms with E-state index in [1.807, 2.05) is 39.0 Å². The second kappa shape index (κ2) is 6.35. The maximum absolute atomic E-state index is 12.7. The molecule has 27 heavy (non-hydrogen) atoms. The van der Waals surface area contributed by atoms with Crippen LogP contribution >= 0.6 is 0 Å². The van der Waals surface area contributed by atoms with E-state index in [1.54, 1.807) is 0 Å². The van der Waals surface area contributed by atoms with Crippen molar-refractivity contribution in [2.75, 3.05) is 0 Å². The molecule has 3 aromatic heterocycles. The van der Waals surface area contributed by atoms with Crippen LogP contribution in [0.3, 0.4) is 0 Å². The summed E-state index contributed by atoms with van der Waals surface area (Å²) in [7, 11) is 0. The second-order valence-electron chi connectivity index (χ2n) is 6.84. The number of benzene rings is 1. The van der Waals surface area contributed by atoms with Crippen LogP contribution in [0.2, 0.25) is 0 Å². The third-order valence-corrected chi connectivity index (χ3v) is 4.46. The summed E-state index contributed by atoms with van der Waals surface area (Å²) in [5.41, 5.74) is 2.29. The molecule has 138 valence electrons. The normalized spacial score (nSPS) is 12.7. The van der Waals surface area contributed by atoms with Crippen molar-refractivity contribution in [3.05, 3.63) is 58.0 Å². The lowest BCUT2D eigenvalue weighted by molar-refractivity contribution is 0.0921. The standard InChI is InChI=1S/C18H19N7O2/c1-9(2)14(15-22-12-5-4-10(3)6-13(12)23-15)24-16(26)11-7-19-18-20-8-21-25(18)17(11)27/h4-9,14H,1-3H3,(H,22,23)(H,24,26)(H,19,20,21)/t14-/m0/s1. The van der Waals surface area contributed by atoms with Gasteiger partial charge in [0.25, 0.3) is 17.2 Å². The molecule has 1 aromatic carbocycles. The molecule has 0 radical (unpaired) electrons. The second-order valence-corrected chi connectivity index (χ2v) is 6.84. The number of aryl methyl sites for hydroxylation is 1. The molecule has 4 aromatic rings. The van der Waals surface area contributed by atoms with Crippen molar-refractivity contribution in [2.24, 2.45) is 5.92 Å². The van der Waals surface area contributed by atoms with Gasteiger partial charge < -0.3 is 10.3 Å². The zero-order chi connectivity index (χ0) is 19.1. The molecule has 0 aliphatic heterocycles. The molecular formula is C18H19N7O2. The number of amides is 1. The Morgan fingerprint density at radius 2 is 2.07 bits per heavy atom. The van der Waals surface area contributed by atoms with E-state index in [1.165, 1.54) is 12.5 Å². The van der Waals surface area contributed by atoms with Gasteiger partial charge in [0.1, 0.15) is 17.7 Å². The van der Waals surface area contributed by atoms with Crippen LogP contribution in [0.5, 0.6) is 0 Å². The Kier molecular flexibility index (Phi) is 3.98. The fourth-order valence-corrected chi connectivity index (χ4v) is 3.01. The first-order valence-electron chi connectivity index (χ1n) is 8.62. The summed E-state index contributed by atoms with van der Waals surface area (Å²) >= 11 is 0.